The Balaban J connectivity index is 1.34. The molecule has 1 atom stereocenters. The normalized spacial score (nSPS) is 18.7. The molecular weight excluding hydrogens is 436 g/mol. The first-order valence-corrected chi connectivity index (χ1v) is 10.6. The highest BCUT2D eigenvalue weighted by Crippen LogP contribution is 2.28. The van der Waals surface area contributed by atoms with Gasteiger partial charge in [0.1, 0.15) is 0 Å². The Morgan fingerprint density at radius 3 is 2.28 bits per heavy atom. The number of nitrogens with zero attached hydrogens (tertiary/aromatic N) is 4. The molecule has 2 fully saturated rings. The van der Waals surface area contributed by atoms with Gasteiger partial charge < -0.3 is 14.7 Å². The van der Waals surface area contributed by atoms with E-state index in [-0.39, 0.29) is 29.8 Å². The molecule has 0 spiro atoms. The number of rotatable bonds is 4. The van der Waals surface area contributed by atoms with Crippen LogP contribution in [0.1, 0.15) is 16.8 Å². The highest BCUT2D eigenvalue weighted by molar-refractivity contribution is 6.31. The number of nitro groups is 1. The molecule has 4 rings (SSSR count). The summed E-state index contributed by atoms with van der Waals surface area (Å²) in [7, 11) is 0. The number of piperazine rings is 1. The van der Waals surface area contributed by atoms with E-state index >= 15 is 0 Å². The van der Waals surface area contributed by atoms with E-state index in [1.807, 2.05) is 0 Å². The lowest BCUT2D eigenvalue weighted by Gasteiger charge is -2.36. The molecule has 2 aromatic carbocycles. The average Bonchev–Trinajstić information content (AvgIpc) is 3.20. The van der Waals surface area contributed by atoms with Crippen molar-refractivity contribution in [1.82, 2.24) is 9.80 Å². The Labute approximate surface area is 189 Å². The summed E-state index contributed by atoms with van der Waals surface area (Å²) in [6, 6.07) is 12.5. The van der Waals surface area contributed by atoms with Gasteiger partial charge in [-0.1, -0.05) is 17.7 Å². The number of benzene rings is 2. The first-order chi connectivity index (χ1) is 15.3. The Kier molecular flexibility index (Phi) is 6.09. The molecule has 3 amide bonds. The molecular formula is C22H21ClN4O5. The second-order valence-electron chi connectivity index (χ2n) is 7.81. The molecule has 32 heavy (non-hydrogen) atoms. The molecule has 166 valence electrons. The van der Waals surface area contributed by atoms with Gasteiger partial charge >= 0.3 is 0 Å². The quantitative estimate of drug-likeness (QED) is 0.519. The molecule has 2 aliphatic heterocycles. The van der Waals surface area contributed by atoms with E-state index in [0.29, 0.717) is 49.0 Å². The number of carbonyl (C=O) groups is 3. The van der Waals surface area contributed by atoms with Crippen LogP contribution in [0.4, 0.5) is 11.4 Å². The number of amides is 3. The highest BCUT2D eigenvalue weighted by atomic mass is 35.5. The van der Waals surface area contributed by atoms with Gasteiger partial charge in [0.15, 0.2) is 0 Å². The Morgan fingerprint density at radius 2 is 1.66 bits per heavy atom. The summed E-state index contributed by atoms with van der Waals surface area (Å²) < 4.78 is 0. The summed E-state index contributed by atoms with van der Waals surface area (Å²) in [6.45, 7) is 1.78. The zero-order chi connectivity index (χ0) is 22.8. The molecule has 2 aromatic rings. The van der Waals surface area contributed by atoms with E-state index < -0.39 is 10.8 Å². The summed E-state index contributed by atoms with van der Waals surface area (Å²) in [5.74, 6) is -0.864. The summed E-state index contributed by atoms with van der Waals surface area (Å²) in [5, 5.41) is 11.3. The van der Waals surface area contributed by atoms with Crippen LogP contribution in [0.15, 0.2) is 48.5 Å². The van der Waals surface area contributed by atoms with Crippen molar-refractivity contribution in [2.24, 2.45) is 5.92 Å². The standard InChI is InChI=1S/C22H21ClN4O5/c23-17-2-1-3-19(13-17)26-14-16(12-20(26)28)22(30)25-10-8-24(9-11-25)21(29)15-4-6-18(7-5-15)27(31)32/h1-7,13,16H,8-12,14H2/t16-/m1/s1. The van der Waals surface area contributed by atoms with Crippen molar-refractivity contribution in [3.05, 3.63) is 69.2 Å². The van der Waals surface area contributed by atoms with Crippen LogP contribution in [0.5, 0.6) is 0 Å². The highest BCUT2D eigenvalue weighted by Gasteiger charge is 2.38. The van der Waals surface area contributed by atoms with Crippen LogP contribution in [-0.4, -0.2) is 65.2 Å². The van der Waals surface area contributed by atoms with Crippen LogP contribution in [-0.2, 0) is 9.59 Å². The minimum absolute atomic E-state index is 0.0742. The molecule has 10 heteroatoms. The second-order valence-corrected chi connectivity index (χ2v) is 8.24. The topological polar surface area (TPSA) is 104 Å². The molecule has 0 N–H and O–H groups in total. The van der Waals surface area contributed by atoms with Crippen molar-refractivity contribution in [3.63, 3.8) is 0 Å². The van der Waals surface area contributed by atoms with Gasteiger partial charge in [0.05, 0.1) is 10.8 Å². The third-order valence-corrected chi connectivity index (χ3v) is 6.03. The SMILES string of the molecule is O=C(c1ccc([N+](=O)[O-])cc1)N1CCN(C(=O)[C@@H]2CC(=O)N(c3cccc(Cl)c3)C2)CC1. The smallest absolute Gasteiger partial charge is 0.269 e. The van der Waals surface area contributed by atoms with E-state index in [1.54, 1.807) is 39.0 Å². The van der Waals surface area contributed by atoms with Gasteiger partial charge in [-0.3, -0.25) is 24.5 Å². The van der Waals surface area contributed by atoms with Gasteiger partial charge in [0.2, 0.25) is 11.8 Å². The Bertz CT molecular complexity index is 1070. The summed E-state index contributed by atoms with van der Waals surface area (Å²) in [5.41, 5.74) is 0.972. The molecule has 0 saturated carbocycles. The van der Waals surface area contributed by atoms with E-state index in [2.05, 4.69) is 0 Å². The predicted octanol–water partition coefficient (Wildman–Crippen LogP) is 2.59. The van der Waals surface area contributed by atoms with E-state index in [9.17, 15) is 24.5 Å². The summed E-state index contributed by atoms with van der Waals surface area (Å²) in [4.78, 5) is 53.3. The van der Waals surface area contributed by atoms with Gasteiger partial charge in [0, 0.05) is 67.6 Å². The minimum atomic E-state index is -0.514. The van der Waals surface area contributed by atoms with Crippen LogP contribution in [0.2, 0.25) is 5.02 Å². The Morgan fingerprint density at radius 1 is 1.00 bits per heavy atom. The maximum atomic E-state index is 13.0. The summed E-state index contributed by atoms with van der Waals surface area (Å²) >= 11 is 6.02. The van der Waals surface area contributed by atoms with Gasteiger partial charge in [-0.15, -0.1) is 0 Å². The predicted molar refractivity (Wildman–Crippen MR) is 117 cm³/mol. The Hall–Kier alpha value is -3.46. The molecule has 2 heterocycles. The molecule has 0 aromatic heterocycles. The number of anilines is 1. The fraction of sp³-hybridized carbons (Fsp3) is 0.318. The number of hydrogen-bond acceptors (Lipinski definition) is 5. The third-order valence-electron chi connectivity index (χ3n) is 5.80. The van der Waals surface area contributed by atoms with Crippen LogP contribution < -0.4 is 4.90 Å². The molecule has 2 aliphatic rings. The van der Waals surface area contributed by atoms with E-state index in [1.165, 1.54) is 24.3 Å². The fourth-order valence-electron chi connectivity index (χ4n) is 4.06. The third kappa shape index (κ3) is 4.43. The van der Waals surface area contributed by atoms with Crippen molar-refractivity contribution in [1.29, 1.82) is 0 Å². The summed E-state index contributed by atoms with van der Waals surface area (Å²) in [6.07, 6.45) is 0.146. The van der Waals surface area contributed by atoms with Crippen LogP contribution >= 0.6 is 11.6 Å². The van der Waals surface area contributed by atoms with Gasteiger partial charge in [-0.05, 0) is 30.3 Å². The molecule has 0 radical (unpaired) electrons. The monoisotopic (exact) mass is 456 g/mol. The first-order valence-electron chi connectivity index (χ1n) is 10.2. The fourth-order valence-corrected chi connectivity index (χ4v) is 4.25. The van der Waals surface area contributed by atoms with Crippen molar-refractivity contribution in [2.45, 2.75) is 6.42 Å². The van der Waals surface area contributed by atoms with Crippen molar-refractivity contribution in [3.8, 4) is 0 Å². The zero-order valence-electron chi connectivity index (χ0n) is 17.1. The van der Waals surface area contributed by atoms with Crippen molar-refractivity contribution >= 4 is 40.7 Å². The first kappa shape index (κ1) is 21.8. The zero-order valence-corrected chi connectivity index (χ0v) is 17.9. The lowest BCUT2D eigenvalue weighted by molar-refractivity contribution is -0.384. The number of carbonyl (C=O) groups excluding carboxylic acids is 3. The minimum Gasteiger partial charge on any atom is -0.339 e. The maximum Gasteiger partial charge on any atom is 0.269 e. The van der Waals surface area contributed by atoms with Gasteiger partial charge in [0.25, 0.3) is 11.6 Å². The lowest BCUT2D eigenvalue weighted by atomic mass is 10.1. The van der Waals surface area contributed by atoms with Gasteiger partial charge in [-0.25, -0.2) is 0 Å². The number of nitro benzene ring substituents is 1. The molecule has 2 saturated heterocycles. The maximum absolute atomic E-state index is 13.0. The van der Waals surface area contributed by atoms with Crippen molar-refractivity contribution in [2.75, 3.05) is 37.6 Å². The van der Waals surface area contributed by atoms with Gasteiger partial charge in [-0.2, -0.15) is 0 Å². The second kappa shape index (κ2) is 8.96. The van der Waals surface area contributed by atoms with Crippen molar-refractivity contribution < 1.29 is 19.3 Å². The largest absolute Gasteiger partial charge is 0.339 e. The number of halogens is 1. The van der Waals surface area contributed by atoms with Crippen LogP contribution in [0.3, 0.4) is 0 Å². The lowest BCUT2D eigenvalue weighted by Crippen LogP contribution is -2.52. The number of non-ortho nitro benzene ring substituents is 1. The van der Waals surface area contributed by atoms with E-state index in [0.717, 1.165) is 0 Å². The molecule has 0 aliphatic carbocycles. The van der Waals surface area contributed by atoms with Crippen LogP contribution in [0.25, 0.3) is 0 Å². The molecule has 0 unspecified atom stereocenters. The molecule has 0 bridgehead atoms. The van der Waals surface area contributed by atoms with Crippen LogP contribution in [0, 0.1) is 16.0 Å². The molecule has 9 nitrogen and oxygen atoms in total. The average molecular weight is 457 g/mol. The number of hydrogen-bond donors (Lipinski definition) is 0. The van der Waals surface area contributed by atoms with E-state index in [4.69, 9.17) is 11.6 Å².